The maximum Gasteiger partial charge on any atom is 0.573 e. The number of nitrogens with zero attached hydrogens (tertiary/aromatic N) is 4. The SMILES string of the molecule is O=C(N1CC(OCC2CC2)CC[C@@H]1Cc1ccccc1)n1ncc(-c2ccc(OC(F)(F)F)cc2)n1. The summed E-state index contributed by atoms with van der Waals surface area (Å²) in [5, 5.41) is 8.48. The van der Waals surface area contributed by atoms with Crippen molar-refractivity contribution in [1.29, 1.82) is 0 Å². The summed E-state index contributed by atoms with van der Waals surface area (Å²) in [5.41, 5.74) is 2.04. The van der Waals surface area contributed by atoms with Crippen LogP contribution < -0.4 is 4.74 Å². The fourth-order valence-electron chi connectivity index (χ4n) is 4.45. The number of amides is 1. The van der Waals surface area contributed by atoms with E-state index in [2.05, 4.69) is 27.1 Å². The molecule has 10 heteroatoms. The van der Waals surface area contributed by atoms with Gasteiger partial charge in [0.05, 0.1) is 12.3 Å². The Bertz CT molecular complexity index is 1160. The summed E-state index contributed by atoms with van der Waals surface area (Å²) >= 11 is 0. The summed E-state index contributed by atoms with van der Waals surface area (Å²) in [6, 6.07) is 15.0. The summed E-state index contributed by atoms with van der Waals surface area (Å²) in [7, 11) is 0. The van der Waals surface area contributed by atoms with E-state index in [1.807, 2.05) is 18.2 Å². The Morgan fingerprint density at radius 1 is 1.00 bits per heavy atom. The number of hydrogen-bond acceptors (Lipinski definition) is 5. The maximum atomic E-state index is 13.5. The third-order valence-corrected chi connectivity index (χ3v) is 6.53. The van der Waals surface area contributed by atoms with Gasteiger partial charge in [-0.2, -0.15) is 5.10 Å². The summed E-state index contributed by atoms with van der Waals surface area (Å²) in [5.74, 6) is 0.309. The lowest BCUT2D eigenvalue weighted by molar-refractivity contribution is -0.274. The zero-order valence-electron chi connectivity index (χ0n) is 19.6. The van der Waals surface area contributed by atoms with E-state index in [0.717, 1.165) is 36.2 Å². The van der Waals surface area contributed by atoms with Gasteiger partial charge in [-0.15, -0.1) is 18.3 Å². The standard InChI is InChI=1S/C26H27F3N4O3/c27-26(28,29)36-22-11-8-20(9-12-22)24-15-30-33(31-24)25(34)32-16-23(35-17-19-6-7-19)13-10-21(32)14-18-4-2-1-3-5-18/h1-5,8-9,11-12,15,19,21,23H,6-7,10,13-14,16-17H2/t21-,23?/m1/s1. The average molecular weight is 501 g/mol. The van der Waals surface area contributed by atoms with Crippen molar-refractivity contribution in [2.75, 3.05) is 13.2 Å². The van der Waals surface area contributed by atoms with E-state index in [0.29, 0.717) is 23.7 Å². The van der Waals surface area contributed by atoms with Crippen molar-refractivity contribution in [1.82, 2.24) is 19.9 Å². The minimum absolute atomic E-state index is 0.0195. The van der Waals surface area contributed by atoms with E-state index in [1.54, 1.807) is 4.90 Å². The van der Waals surface area contributed by atoms with Crippen molar-refractivity contribution >= 4 is 6.03 Å². The monoisotopic (exact) mass is 500 g/mol. The fraction of sp³-hybridized carbons (Fsp3) is 0.423. The summed E-state index contributed by atoms with van der Waals surface area (Å²) < 4.78 is 47.3. The first-order valence-corrected chi connectivity index (χ1v) is 12.1. The van der Waals surface area contributed by atoms with E-state index in [1.165, 1.54) is 43.3 Å². The van der Waals surface area contributed by atoms with Crippen LogP contribution in [0.2, 0.25) is 0 Å². The molecule has 0 bridgehead atoms. The highest BCUT2D eigenvalue weighted by atomic mass is 19.4. The number of likely N-dealkylation sites (tertiary alicyclic amines) is 1. The van der Waals surface area contributed by atoms with Crippen LogP contribution >= 0.6 is 0 Å². The number of rotatable bonds is 7. The second-order valence-corrected chi connectivity index (χ2v) is 9.35. The Labute approximate surface area is 206 Å². The molecule has 36 heavy (non-hydrogen) atoms. The molecule has 1 saturated heterocycles. The summed E-state index contributed by atoms with van der Waals surface area (Å²) in [6.07, 6.45) is 1.46. The Balaban J connectivity index is 1.31. The second kappa shape index (κ2) is 10.3. The third-order valence-electron chi connectivity index (χ3n) is 6.53. The minimum Gasteiger partial charge on any atom is -0.406 e. The zero-order valence-corrected chi connectivity index (χ0v) is 19.6. The van der Waals surface area contributed by atoms with Crippen molar-refractivity contribution < 1.29 is 27.4 Å². The highest BCUT2D eigenvalue weighted by Crippen LogP contribution is 2.31. The van der Waals surface area contributed by atoms with Gasteiger partial charge in [0.1, 0.15) is 11.4 Å². The van der Waals surface area contributed by atoms with Gasteiger partial charge in [0.15, 0.2) is 0 Å². The predicted octanol–water partition coefficient (Wildman–Crippen LogP) is 5.31. The minimum atomic E-state index is -4.76. The molecule has 2 atom stereocenters. The van der Waals surface area contributed by atoms with Gasteiger partial charge in [-0.25, -0.2) is 4.79 Å². The van der Waals surface area contributed by atoms with E-state index in [9.17, 15) is 18.0 Å². The van der Waals surface area contributed by atoms with Gasteiger partial charge in [0, 0.05) is 24.8 Å². The van der Waals surface area contributed by atoms with Crippen LogP contribution in [0, 0.1) is 5.92 Å². The quantitative estimate of drug-likeness (QED) is 0.440. The number of hydrogen-bond donors (Lipinski definition) is 0. The molecule has 1 amide bonds. The molecular weight excluding hydrogens is 473 g/mol. The average Bonchev–Trinajstić information content (AvgIpc) is 3.57. The van der Waals surface area contributed by atoms with Gasteiger partial charge in [0.2, 0.25) is 0 Å². The maximum absolute atomic E-state index is 13.5. The predicted molar refractivity (Wildman–Crippen MR) is 125 cm³/mol. The van der Waals surface area contributed by atoms with Gasteiger partial charge in [-0.3, -0.25) is 0 Å². The van der Waals surface area contributed by atoms with E-state index >= 15 is 0 Å². The third kappa shape index (κ3) is 6.23. The molecule has 5 rings (SSSR count). The molecule has 7 nitrogen and oxygen atoms in total. The molecule has 0 N–H and O–H groups in total. The van der Waals surface area contributed by atoms with Crippen LogP contribution in [0.5, 0.6) is 5.75 Å². The fourth-order valence-corrected chi connectivity index (χ4v) is 4.45. The van der Waals surface area contributed by atoms with Crippen LogP contribution in [0.3, 0.4) is 0 Å². The number of carbonyl (C=O) groups is 1. The topological polar surface area (TPSA) is 69.5 Å². The van der Waals surface area contributed by atoms with Crippen LogP contribution in [0.25, 0.3) is 11.3 Å². The van der Waals surface area contributed by atoms with Gasteiger partial charge in [0.25, 0.3) is 0 Å². The van der Waals surface area contributed by atoms with Crippen molar-refractivity contribution in [3.63, 3.8) is 0 Å². The molecule has 2 aliphatic rings. The normalized spacial score (nSPS) is 20.4. The van der Waals surface area contributed by atoms with Crippen LogP contribution in [0.15, 0.2) is 60.8 Å². The molecule has 0 spiro atoms. The Morgan fingerprint density at radius 2 is 1.75 bits per heavy atom. The first-order valence-electron chi connectivity index (χ1n) is 12.1. The van der Waals surface area contributed by atoms with Crippen molar-refractivity contribution in [2.24, 2.45) is 5.92 Å². The highest BCUT2D eigenvalue weighted by Gasteiger charge is 2.35. The summed E-state index contributed by atoms with van der Waals surface area (Å²) in [4.78, 5) is 16.4. The first-order chi connectivity index (χ1) is 17.3. The highest BCUT2D eigenvalue weighted by molar-refractivity contribution is 5.76. The smallest absolute Gasteiger partial charge is 0.406 e. The van der Waals surface area contributed by atoms with Gasteiger partial charge >= 0.3 is 12.4 Å². The lowest BCUT2D eigenvalue weighted by atomic mass is 9.94. The van der Waals surface area contributed by atoms with Crippen LogP contribution in [0.1, 0.15) is 31.2 Å². The van der Waals surface area contributed by atoms with Gasteiger partial charge in [-0.05, 0) is 67.9 Å². The second-order valence-electron chi connectivity index (χ2n) is 9.35. The van der Waals surface area contributed by atoms with Crippen molar-refractivity contribution in [3.05, 3.63) is 66.4 Å². The number of aromatic nitrogens is 3. The Kier molecular flexibility index (Phi) is 6.95. The van der Waals surface area contributed by atoms with Gasteiger partial charge in [-0.1, -0.05) is 35.1 Å². The Morgan fingerprint density at radius 3 is 2.44 bits per heavy atom. The number of ether oxygens (including phenoxy) is 2. The zero-order chi connectivity index (χ0) is 25.1. The molecule has 1 aliphatic carbocycles. The van der Waals surface area contributed by atoms with Gasteiger partial charge < -0.3 is 14.4 Å². The largest absolute Gasteiger partial charge is 0.573 e. The summed E-state index contributed by atoms with van der Waals surface area (Å²) in [6.45, 7) is 1.19. The molecule has 2 fully saturated rings. The van der Waals surface area contributed by atoms with E-state index < -0.39 is 6.36 Å². The molecular formula is C26H27F3N4O3. The van der Waals surface area contributed by atoms with Crippen molar-refractivity contribution in [3.8, 4) is 17.0 Å². The number of alkyl halides is 3. The number of carbonyl (C=O) groups excluding carboxylic acids is 1. The Hall–Kier alpha value is -3.40. The number of halogens is 3. The van der Waals surface area contributed by atoms with Crippen LogP contribution in [-0.2, 0) is 11.2 Å². The molecule has 1 saturated carbocycles. The molecule has 2 heterocycles. The molecule has 1 aromatic heterocycles. The lowest BCUT2D eigenvalue weighted by Crippen LogP contribution is -2.52. The molecule has 1 unspecified atom stereocenters. The molecule has 1 aliphatic heterocycles. The lowest BCUT2D eigenvalue weighted by Gasteiger charge is -2.39. The van der Waals surface area contributed by atoms with Crippen molar-refractivity contribution in [2.45, 2.75) is 50.6 Å². The molecule has 0 radical (unpaired) electrons. The van der Waals surface area contributed by atoms with E-state index in [4.69, 9.17) is 4.74 Å². The number of piperidine rings is 1. The van der Waals surface area contributed by atoms with Crippen LogP contribution in [-0.4, -0.2) is 57.6 Å². The van der Waals surface area contributed by atoms with E-state index in [-0.39, 0.29) is 23.9 Å². The molecule has 2 aromatic carbocycles. The molecule has 3 aromatic rings. The first kappa shape index (κ1) is 24.3. The van der Waals surface area contributed by atoms with Crippen LogP contribution in [0.4, 0.5) is 18.0 Å². The molecule has 190 valence electrons. The number of benzene rings is 2.